The summed E-state index contributed by atoms with van der Waals surface area (Å²) in [6, 6.07) is 15.1. The molecular formula is C36H38Cl2F2N2O6. The molecule has 4 rings (SSSR count). The Labute approximate surface area is 288 Å². The topological polar surface area (TPSA) is 118 Å². The molecule has 1 amide bonds. The summed E-state index contributed by atoms with van der Waals surface area (Å²) in [5, 5.41) is 22.6. The van der Waals surface area contributed by atoms with Crippen LogP contribution in [0, 0.1) is 40.2 Å². The highest BCUT2D eigenvalue weighted by atomic mass is 35.5. The number of hydrogen-bond donors (Lipinski definition) is 2. The van der Waals surface area contributed by atoms with Crippen molar-refractivity contribution < 1.29 is 37.7 Å². The first-order valence-corrected chi connectivity index (χ1v) is 16.2. The van der Waals surface area contributed by atoms with Gasteiger partial charge in [0.15, 0.2) is 0 Å². The molecule has 4 atom stereocenters. The van der Waals surface area contributed by atoms with Crippen LogP contribution in [0.4, 0.5) is 14.5 Å². The number of methoxy groups -OCH3 is 1. The lowest BCUT2D eigenvalue weighted by Crippen LogP contribution is -2.39. The van der Waals surface area contributed by atoms with Gasteiger partial charge in [0.1, 0.15) is 24.0 Å². The van der Waals surface area contributed by atoms with Crippen LogP contribution < -0.4 is 10.1 Å². The minimum Gasteiger partial charge on any atom is -0.495 e. The van der Waals surface area contributed by atoms with Crippen molar-refractivity contribution in [3.63, 3.8) is 0 Å². The van der Waals surface area contributed by atoms with Crippen molar-refractivity contribution in [3.05, 3.63) is 93.0 Å². The van der Waals surface area contributed by atoms with E-state index in [1.165, 1.54) is 55.6 Å². The van der Waals surface area contributed by atoms with Crippen molar-refractivity contribution in [3.8, 4) is 11.8 Å². The Balaban J connectivity index is 1.78. The number of esters is 1. The lowest BCUT2D eigenvalue weighted by Gasteiger charge is -2.38. The number of rotatable bonds is 12. The fraction of sp³-hybridized carbons (Fsp3) is 0.417. The van der Waals surface area contributed by atoms with E-state index in [1.54, 1.807) is 0 Å². The zero-order chi connectivity index (χ0) is 35.2. The number of nitriles is 1. The first-order valence-electron chi connectivity index (χ1n) is 15.4. The zero-order valence-corrected chi connectivity index (χ0v) is 28.6. The maximum atomic E-state index is 16.0. The van der Waals surface area contributed by atoms with Gasteiger partial charge < -0.3 is 24.6 Å². The molecule has 1 aliphatic carbocycles. The van der Waals surface area contributed by atoms with Crippen LogP contribution in [-0.2, 0) is 19.7 Å². The van der Waals surface area contributed by atoms with Crippen LogP contribution in [0.25, 0.3) is 0 Å². The summed E-state index contributed by atoms with van der Waals surface area (Å²) in [7, 11) is 1.37. The standard InChI is InChI=1S/C36H38Cl2F2N2O6/c1-35(2,3)19-22-17-25(33(44)42-29-11-8-21(16-30(29)46-4)34(45)48-15-14-47-13-12-43)31(24-6-5-7-27(38)32(24)40)36(22,20-41)26-10-9-23(37)18-28(26)39/h5-11,16,18,22,25,31,43H,12-15,17,19H2,1-4H3,(H,42,44)/t22-,25+,31-,36+/m0/s1. The molecule has 0 radical (unpaired) electrons. The summed E-state index contributed by atoms with van der Waals surface area (Å²) >= 11 is 12.3. The van der Waals surface area contributed by atoms with Gasteiger partial charge in [-0.25, -0.2) is 13.6 Å². The number of nitrogens with zero attached hydrogens (tertiary/aromatic N) is 1. The molecular weight excluding hydrogens is 665 g/mol. The molecule has 48 heavy (non-hydrogen) atoms. The average molecular weight is 704 g/mol. The van der Waals surface area contributed by atoms with E-state index >= 15 is 8.78 Å². The second-order valence-electron chi connectivity index (χ2n) is 12.9. The van der Waals surface area contributed by atoms with Gasteiger partial charge in [0.05, 0.1) is 54.7 Å². The molecule has 3 aromatic rings. The fourth-order valence-electron chi connectivity index (χ4n) is 6.69. The monoisotopic (exact) mass is 702 g/mol. The molecule has 0 saturated heterocycles. The SMILES string of the molecule is COc1cc(C(=O)OCCOCCO)ccc1NC(=O)[C@@H]1C[C@@H](CC(C)(C)C)[C@](C#N)(c2ccc(Cl)cc2F)[C@H]1c1cccc(Cl)c1F. The number of hydrogen-bond acceptors (Lipinski definition) is 7. The van der Waals surface area contributed by atoms with Crippen molar-refractivity contribution in [1.29, 1.82) is 5.26 Å². The minimum atomic E-state index is -1.69. The molecule has 256 valence electrons. The second-order valence-corrected chi connectivity index (χ2v) is 13.7. The van der Waals surface area contributed by atoms with E-state index in [9.17, 15) is 14.9 Å². The van der Waals surface area contributed by atoms with Crippen LogP contribution in [0.3, 0.4) is 0 Å². The van der Waals surface area contributed by atoms with Gasteiger partial charge in [-0.3, -0.25) is 4.79 Å². The third-order valence-electron chi connectivity index (χ3n) is 8.54. The van der Waals surface area contributed by atoms with E-state index in [2.05, 4.69) is 11.4 Å². The lowest BCUT2D eigenvalue weighted by molar-refractivity contribution is -0.120. The van der Waals surface area contributed by atoms with Gasteiger partial charge in [0, 0.05) is 22.4 Å². The van der Waals surface area contributed by atoms with Gasteiger partial charge in [-0.15, -0.1) is 0 Å². The van der Waals surface area contributed by atoms with Gasteiger partial charge >= 0.3 is 5.97 Å². The van der Waals surface area contributed by atoms with E-state index in [4.69, 9.17) is 42.5 Å². The van der Waals surface area contributed by atoms with Crippen LogP contribution in [0.5, 0.6) is 5.75 Å². The first-order chi connectivity index (χ1) is 22.8. The molecule has 0 aromatic heterocycles. The van der Waals surface area contributed by atoms with E-state index in [-0.39, 0.29) is 76.4 Å². The molecule has 3 aromatic carbocycles. The van der Waals surface area contributed by atoms with Crippen LogP contribution in [0.2, 0.25) is 10.0 Å². The number of nitrogens with one attached hydrogen (secondary N) is 1. The van der Waals surface area contributed by atoms with Crippen molar-refractivity contribution in [2.24, 2.45) is 17.3 Å². The third kappa shape index (κ3) is 7.92. The molecule has 1 saturated carbocycles. The maximum Gasteiger partial charge on any atom is 0.338 e. The van der Waals surface area contributed by atoms with Crippen molar-refractivity contribution in [1.82, 2.24) is 0 Å². The summed E-state index contributed by atoms with van der Waals surface area (Å²) in [4.78, 5) is 26.9. The van der Waals surface area contributed by atoms with Crippen LogP contribution in [0.1, 0.15) is 61.0 Å². The van der Waals surface area contributed by atoms with E-state index in [1.807, 2.05) is 20.8 Å². The summed E-state index contributed by atoms with van der Waals surface area (Å²) < 4.78 is 47.6. The smallest absolute Gasteiger partial charge is 0.338 e. The second kappa shape index (κ2) is 15.6. The number of benzene rings is 3. The molecule has 0 aliphatic heterocycles. The highest BCUT2D eigenvalue weighted by Crippen LogP contribution is 2.61. The van der Waals surface area contributed by atoms with Gasteiger partial charge in [-0.2, -0.15) is 5.26 Å². The Morgan fingerprint density at radius 2 is 1.83 bits per heavy atom. The number of ether oxygens (including phenoxy) is 3. The van der Waals surface area contributed by atoms with Crippen molar-refractivity contribution in [2.75, 3.05) is 38.9 Å². The predicted octanol–water partition coefficient (Wildman–Crippen LogP) is 7.70. The van der Waals surface area contributed by atoms with Crippen LogP contribution >= 0.6 is 23.2 Å². The Morgan fingerprint density at radius 1 is 1.08 bits per heavy atom. The first kappa shape index (κ1) is 37.1. The predicted molar refractivity (Wildman–Crippen MR) is 178 cm³/mol. The van der Waals surface area contributed by atoms with Crippen LogP contribution in [0.15, 0.2) is 54.6 Å². The highest BCUT2D eigenvalue weighted by molar-refractivity contribution is 6.31. The van der Waals surface area contributed by atoms with E-state index < -0.39 is 46.7 Å². The quantitative estimate of drug-likeness (QED) is 0.147. The molecule has 8 nitrogen and oxygen atoms in total. The average Bonchev–Trinajstić information content (AvgIpc) is 3.35. The molecule has 1 fully saturated rings. The number of carbonyl (C=O) groups is 2. The van der Waals surface area contributed by atoms with Crippen molar-refractivity contribution >= 4 is 40.8 Å². The Bertz CT molecular complexity index is 1690. The maximum absolute atomic E-state index is 16.0. The summed E-state index contributed by atoms with van der Waals surface area (Å²) in [5.41, 5.74) is -1.63. The summed E-state index contributed by atoms with van der Waals surface area (Å²) in [6.45, 7) is 5.98. The molecule has 0 heterocycles. The zero-order valence-electron chi connectivity index (χ0n) is 27.1. The number of amides is 1. The number of aliphatic hydroxyl groups excluding tert-OH is 1. The van der Waals surface area contributed by atoms with Gasteiger partial charge in [0.2, 0.25) is 5.91 Å². The Hall–Kier alpha value is -3.75. The largest absolute Gasteiger partial charge is 0.495 e. The summed E-state index contributed by atoms with van der Waals surface area (Å²) in [5.74, 6) is -5.35. The van der Waals surface area contributed by atoms with E-state index in [0.717, 1.165) is 6.07 Å². The Morgan fingerprint density at radius 3 is 2.48 bits per heavy atom. The molecule has 0 bridgehead atoms. The third-order valence-corrected chi connectivity index (χ3v) is 9.07. The molecule has 1 aliphatic rings. The number of carbonyl (C=O) groups excluding carboxylic acids is 2. The molecule has 0 unspecified atom stereocenters. The van der Waals surface area contributed by atoms with Crippen LogP contribution in [-0.4, -0.2) is 50.5 Å². The molecule has 2 N–H and O–H groups in total. The lowest BCUT2D eigenvalue weighted by atomic mass is 9.62. The normalized spacial score (nSPS) is 20.6. The number of anilines is 1. The van der Waals surface area contributed by atoms with Crippen molar-refractivity contribution in [2.45, 2.75) is 44.9 Å². The Kier molecular flexibility index (Phi) is 12.1. The van der Waals surface area contributed by atoms with Gasteiger partial charge in [-0.05, 0) is 66.1 Å². The molecule has 0 spiro atoms. The number of aliphatic hydroxyl groups is 1. The van der Waals surface area contributed by atoms with Gasteiger partial charge in [-0.1, -0.05) is 62.2 Å². The highest BCUT2D eigenvalue weighted by Gasteiger charge is 2.61. The van der Waals surface area contributed by atoms with Gasteiger partial charge in [0.25, 0.3) is 0 Å². The molecule has 12 heteroatoms. The number of halogens is 4. The van der Waals surface area contributed by atoms with E-state index in [0.29, 0.717) is 6.42 Å². The minimum absolute atomic E-state index is 0.0167. The fourth-order valence-corrected chi connectivity index (χ4v) is 7.03. The summed E-state index contributed by atoms with van der Waals surface area (Å²) in [6.07, 6.45) is 0.538.